The molecule has 0 radical (unpaired) electrons. The fourth-order valence-electron chi connectivity index (χ4n) is 3.16. The van der Waals surface area contributed by atoms with Gasteiger partial charge in [-0.25, -0.2) is 0 Å². The molecule has 0 aromatic rings. The Balaban J connectivity index is 1.82. The van der Waals surface area contributed by atoms with Crippen LogP contribution in [0.2, 0.25) is 0 Å². The minimum atomic E-state index is 0.266. The molecule has 2 rings (SSSR count). The summed E-state index contributed by atoms with van der Waals surface area (Å²) in [5.41, 5.74) is 5.86. The maximum atomic E-state index is 12.2. The first-order valence-corrected chi connectivity index (χ1v) is 6.80. The van der Waals surface area contributed by atoms with E-state index in [1.807, 2.05) is 4.90 Å². The molecule has 3 unspecified atom stereocenters. The molecule has 0 aromatic carbocycles. The van der Waals surface area contributed by atoms with Crippen LogP contribution in [0.1, 0.15) is 26.7 Å². The zero-order chi connectivity index (χ0) is 12.4. The fraction of sp³-hybridized carbons (Fsp3) is 0.923. The van der Waals surface area contributed by atoms with E-state index in [4.69, 9.17) is 5.73 Å². The number of carbonyl (C=O) groups is 1. The standard InChI is InChI=1S/C13H25N3O/c1-10-5-11(2)7-16(6-10)13(17)9-15-4-3-12(14)8-15/h10-12H,3-9,14H2,1-2H3. The number of hydrogen-bond acceptors (Lipinski definition) is 3. The minimum Gasteiger partial charge on any atom is -0.341 e. The summed E-state index contributed by atoms with van der Waals surface area (Å²) in [5, 5.41) is 0. The summed E-state index contributed by atoms with van der Waals surface area (Å²) in [6, 6.07) is 0.266. The molecular weight excluding hydrogens is 214 g/mol. The number of carbonyl (C=O) groups excluding carboxylic acids is 1. The van der Waals surface area contributed by atoms with Crippen molar-refractivity contribution < 1.29 is 4.79 Å². The van der Waals surface area contributed by atoms with Crippen LogP contribution in [0, 0.1) is 11.8 Å². The molecule has 4 heteroatoms. The van der Waals surface area contributed by atoms with Crippen molar-refractivity contribution in [3.8, 4) is 0 Å². The molecular formula is C13H25N3O. The Morgan fingerprint density at radius 2 is 1.88 bits per heavy atom. The van der Waals surface area contributed by atoms with Gasteiger partial charge in [0.25, 0.3) is 0 Å². The maximum absolute atomic E-state index is 12.2. The van der Waals surface area contributed by atoms with Crippen LogP contribution in [0.4, 0.5) is 0 Å². The van der Waals surface area contributed by atoms with E-state index in [0.717, 1.165) is 32.6 Å². The molecule has 0 aliphatic carbocycles. The van der Waals surface area contributed by atoms with Crippen LogP contribution in [0.15, 0.2) is 0 Å². The average molecular weight is 239 g/mol. The number of hydrogen-bond donors (Lipinski definition) is 1. The van der Waals surface area contributed by atoms with Gasteiger partial charge in [0, 0.05) is 32.2 Å². The Morgan fingerprint density at radius 3 is 2.41 bits per heavy atom. The van der Waals surface area contributed by atoms with E-state index in [0.29, 0.717) is 18.4 Å². The summed E-state index contributed by atoms with van der Waals surface area (Å²) in [6.07, 6.45) is 2.28. The summed E-state index contributed by atoms with van der Waals surface area (Å²) in [4.78, 5) is 16.4. The fourth-order valence-corrected chi connectivity index (χ4v) is 3.16. The third-order valence-electron chi connectivity index (χ3n) is 3.89. The van der Waals surface area contributed by atoms with Crippen molar-refractivity contribution in [2.75, 3.05) is 32.7 Å². The first-order valence-electron chi connectivity index (χ1n) is 6.80. The van der Waals surface area contributed by atoms with Gasteiger partial charge < -0.3 is 10.6 Å². The quantitative estimate of drug-likeness (QED) is 0.764. The Kier molecular flexibility index (Phi) is 4.05. The van der Waals surface area contributed by atoms with E-state index in [-0.39, 0.29) is 11.9 Å². The highest BCUT2D eigenvalue weighted by molar-refractivity contribution is 5.78. The molecule has 98 valence electrons. The van der Waals surface area contributed by atoms with Crippen LogP contribution in [0.3, 0.4) is 0 Å². The highest BCUT2D eigenvalue weighted by Crippen LogP contribution is 2.21. The van der Waals surface area contributed by atoms with Crippen LogP contribution in [0.5, 0.6) is 0 Å². The number of likely N-dealkylation sites (tertiary alicyclic amines) is 2. The molecule has 1 amide bonds. The van der Waals surface area contributed by atoms with Gasteiger partial charge in [0.2, 0.25) is 5.91 Å². The molecule has 4 nitrogen and oxygen atoms in total. The third kappa shape index (κ3) is 3.42. The van der Waals surface area contributed by atoms with Crippen molar-refractivity contribution in [2.24, 2.45) is 17.6 Å². The Hall–Kier alpha value is -0.610. The molecule has 3 atom stereocenters. The van der Waals surface area contributed by atoms with Crippen molar-refractivity contribution in [3.63, 3.8) is 0 Å². The van der Waals surface area contributed by atoms with Crippen molar-refractivity contribution in [1.82, 2.24) is 9.80 Å². The van der Waals surface area contributed by atoms with Crippen LogP contribution in [0.25, 0.3) is 0 Å². The number of rotatable bonds is 2. The second-order valence-corrected chi connectivity index (χ2v) is 6.03. The van der Waals surface area contributed by atoms with Crippen LogP contribution in [-0.4, -0.2) is 54.5 Å². The molecule has 2 saturated heterocycles. The second-order valence-electron chi connectivity index (χ2n) is 6.03. The third-order valence-corrected chi connectivity index (χ3v) is 3.89. The van der Waals surface area contributed by atoms with Gasteiger partial charge in [0.15, 0.2) is 0 Å². The lowest BCUT2D eigenvalue weighted by Crippen LogP contribution is -2.46. The summed E-state index contributed by atoms with van der Waals surface area (Å²) in [6.45, 7) is 8.76. The molecule has 0 spiro atoms. The minimum absolute atomic E-state index is 0.266. The van der Waals surface area contributed by atoms with Gasteiger partial charge in [-0.15, -0.1) is 0 Å². The van der Waals surface area contributed by atoms with Crippen molar-refractivity contribution in [1.29, 1.82) is 0 Å². The van der Waals surface area contributed by atoms with E-state index in [2.05, 4.69) is 18.7 Å². The summed E-state index contributed by atoms with van der Waals surface area (Å²) in [5.74, 6) is 1.57. The van der Waals surface area contributed by atoms with Crippen LogP contribution < -0.4 is 5.73 Å². The smallest absolute Gasteiger partial charge is 0.236 e. The highest BCUT2D eigenvalue weighted by Gasteiger charge is 2.28. The lowest BCUT2D eigenvalue weighted by atomic mass is 9.92. The van der Waals surface area contributed by atoms with E-state index < -0.39 is 0 Å². The predicted molar refractivity (Wildman–Crippen MR) is 68.6 cm³/mol. The summed E-state index contributed by atoms with van der Waals surface area (Å²) in [7, 11) is 0. The molecule has 2 aliphatic rings. The van der Waals surface area contributed by atoms with Gasteiger partial charge in [-0.2, -0.15) is 0 Å². The van der Waals surface area contributed by atoms with E-state index in [1.165, 1.54) is 6.42 Å². The van der Waals surface area contributed by atoms with Gasteiger partial charge in [0.05, 0.1) is 6.54 Å². The number of piperidine rings is 1. The van der Waals surface area contributed by atoms with Crippen LogP contribution in [-0.2, 0) is 4.79 Å². The monoisotopic (exact) mass is 239 g/mol. The largest absolute Gasteiger partial charge is 0.341 e. The number of amides is 1. The predicted octanol–water partition coefficient (Wildman–Crippen LogP) is 0.524. The average Bonchev–Trinajstić information content (AvgIpc) is 2.62. The highest BCUT2D eigenvalue weighted by atomic mass is 16.2. The number of nitrogens with zero attached hydrogens (tertiary/aromatic N) is 2. The Labute approximate surface area is 104 Å². The Bertz CT molecular complexity index is 272. The maximum Gasteiger partial charge on any atom is 0.236 e. The van der Waals surface area contributed by atoms with E-state index in [1.54, 1.807) is 0 Å². The second kappa shape index (κ2) is 5.36. The normalized spacial score (nSPS) is 35.2. The number of nitrogens with two attached hydrogens (primary N) is 1. The van der Waals surface area contributed by atoms with Crippen molar-refractivity contribution in [2.45, 2.75) is 32.7 Å². The van der Waals surface area contributed by atoms with Crippen molar-refractivity contribution >= 4 is 5.91 Å². The zero-order valence-corrected chi connectivity index (χ0v) is 11.1. The molecule has 2 heterocycles. The van der Waals surface area contributed by atoms with E-state index >= 15 is 0 Å². The van der Waals surface area contributed by atoms with Crippen LogP contribution >= 0.6 is 0 Å². The zero-order valence-electron chi connectivity index (χ0n) is 11.1. The first kappa shape index (κ1) is 12.8. The van der Waals surface area contributed by atoms with Gasteiger partial charge >= 0.3 is 0 Å². The molecule has 0 bridgehead atoms. The first-order chi connectivity index (χ1) is 8.04. The van der Waals surface area contributed by atoms with Gasteiger partial charge in [-0.3, -0.25) is 9.69 Å². The molecule has 0 aromatic heterocycles. The SMILES string of the molecule is CC1CC(C)CN(C(=O)CN2CCC(N)C2)C1. The molecule has 2 aliphatic heterocycles. The van der Waals surface area contributed by atoms with Gasteiger partial charge in [0.1, 0.15) is 0 Å². The summed E-state index contributed by atoms with van der Waals surface area (Å²) >= 11 is 0. The molecule has 2 fully saturated rings. The Morgan fingerprint density at radius 1 is 1.24 bits per heavy atom. The van der Waals surface area contributed by atoms with Crippen molar-refractivity contribution in [3.05, 3.63) is 0 Å². The molecule has 2 N–H and O–H groups in total. The topological polar surface area (TPSA) is 49.6 Å². The lowest BCUT2D eigenvalue weighted by Gasteiger charge is -2.35. The molecule has 17 heavy (non-hydrogen) atoms. The van der Waals surface area contributed by atoms with E-state index in [9.17, 15) is 4.79 Å². The van der Waals surface area contributed by atoms with Gasteiger partial charge in [-0.05, 0) is 24.7 Å². The summed E-state index contributed by atoms with van der Waals surface area (Å²) < 4.78 is 0. The lowest BCUT2D eigenvalue weighted by molar-refractivity contribution is -0.134. The van der Waals surface area contributed by atoms with Gasteiger partial charge in [-0.1, -0.05) is 13.8 Å². The molecule has 0 saturated carbocycles.